The largest absolute Gasteiger partial charge is 0.497 e. The van der Waals surface area contributed by atoms with E-state index in [-0.39, 0.29) is 0 Å². The van der Waals surface area contributed by atoms with Gasteiger partial charge in [0.25, 0.3) is 5.91 Å². The van der Waals surface area contributed by atoms with Gasteiger partial charge in [0.05, 0.1) is 25.9 Å². The van der Waals surface area contributed by atoms with Gasteiger partial charge in [0, 0.05) is 16.6 Å². The van der Waals surface area contributed by atoms with Crippen molar-refractivity contribution in [2.75, 3.05) is 24.4 Å². The van der Waals surface area contributed by atoms with Crippen LogP contribution in [0.1, 0.15) is 20.8 Å². The molecular weight excluding hydrogens is 330 g/mol. The van der Waals surface area contributed by atoms with Crippen molar-refractivity contribution in [2.45, 2.75) is 13.0 Å². The van der Waals surface area contributed by atoms with E-state index in [4.69, 9.17) is 15.2 Å². The Morgan fingerprint density at radius 3 is 2.92 bits per heavy atom. The van der Waals surface area contributed by atoms with Crippen LogP contribution in [0, 0.1) is 0 Å². The fourth-order valence-electron chi connectivity index (χ4n) is 2.55. The molecule has 1 aromatic carbocycles. The van der Waals surface area contributed by atoms with E-state index in [1.54, 1.807) is 31.4 Å². The van der Waals surface area contributed by atoms with E-state index in [0.717, 1.165) is 10.4 Å². The number of rotatable bonds is 4. The molecule has 4 N–H and O–H groups in total. The smallest absolute Gasteiger partial charge is 0.324 e. The van der Waals surface area contributed by atoms with Gasteiger partial charge in [0.15, 0.2) is 0 Å². The minimum absolute atomic E-state index is 0.374. The lowest BCUT2D eigenvalue weighted by Gasteiger charge is -2.12. The molecule has 2 aromatic rings. The highest BCUT2D eigenvalue weighted by atomic mass is 32.1. The average molecular weight is 347 g/mol. The number of nitrogens with one attached hydrogen (secondary N) is 2. The number of fused-ring (bicyclic) bond motifs is 1. The minimum Gasteiger partial charge on any atom is -0.497 e. The molecule has 3 rings (SSSR count). The molecule has 0 radical (unpaired) electrons. The topological polar surface area (TPSA) is 103 Å². The van der Waals surface area contributed by atoms with Gasteiger partial charge < -0.3 is 20.5 Å². The fraction of sp³-hybridized carbons (Fsp3) is 0.250. The fourth-order valence-corrected chi connectivity index (χ4v) is 3.73. The quantitative estimate of drug-likeness (QED) is 0.791. The molecule has 7 nitrogen and oxygen atoms in total. The third-order valence-electron chi connectivity index (χ3n) is 3.62. The van der Waals surface area contributed by atoms with Gasteiger partial charge in [-0.25, -0.2) is 4.79 Å². The van der Waals surface area contributed by atoms with Crippen molar-refractivity contribution in [2.24, 2.45) is 5.73 Å². The number of thiophene rings is 1. The van der Waals surface area contributed by atoms with Gasteiger partial charge in [-0.1, -0.05) is 6.07 Å². The van der Waals surface area contributed by atoms with Gasteiger partial charge in [0.1, 0.15) is 10.8 Å². The Balaban J connectivity index is 1.79. The number of hydrogen-bond donors (Lipinski definition) is 3. The van der Waals surface area contributed by atoms with Crippen LogP contribution in [-0.4, -0.2) is 25.7 Å². The average Bonchev–Trinajstić information content (AvgIpc) is 2.92. The maximum absolute atomic E-state index is 12.2. The molecular formula is C16H17N3O4S. The van der Waals surface area contributed by atoms with Crippen LogP contribution in [-0.2, 0) is 17.8 Å². The van der Waals surface area contributed by atoms with Crippen LogP contribution >= 0.6 is 11.3 Å². The van der Waals surface area contributed by atoms with Gasteiger partial charge in [-0.2, -0.15) is 0 Å². The molecule has 0 atom stereocenters. The summed E-state index contributed by atoms with van der Waals surface area (Å²) in [6.45, 7) is 0.971. The van der Waals surface area contributed by atoms with Crippen LogP contribution in [0.15, 0.2) is 24.3 Å². The van der Waals surface area contributed by atoms with Gasteiger partial charge in [-0.05, 0) is 24.1 Å². The molecule has 1 aliphatic heterocycles. The van der Waals surface area contributed by atoms with Crippen molar-refractivity contribution >= 4 is 34.0 Å². The van der Waals surface area contributed by atoms with Crippen LogP contribution in [0.2, 0.25) is 0 Å². The second kappa shape index (κ2) is 6.90. The molecule has 2 heterocycles. The van der Waals surface area contributed by atoms with Crippen molar-refractivity contribution in [3.8, 4) is 5.75 Å². The zero-order valence-electron chi connectivity index (χ0n) is 13.0. The third-order valence-corrected chi connectivity index (χ3v) is 4.74. The summed E-state index contributed by atoms with van der Waals surface area (Å²) in [6, 6.07) is 6.53. The molecule has 126 valence electrons. The molecule has 1 aromatic heterocycles. The number of benzene rings is 1. The second-order valence-corrected chi connectivity index (χ2v) is 6.29. The predicted molar refractivity (Wildman–Crippen MR) is 91.8 cm³/mol. The summed E-state index contributed by atoms with van der Waals surface area (Å²) in [4.78, 5) is 24.9. The van der Waals surface area contributed by atoms with Crippen molar-refractivity contribution < 1.29 is 19.1 Å². The second-order valence-electron chi connectivity index (χ2n) is 5.19. The molecule has 8 heteroatoms. The number of primary amides is 1. The number of anilines is 2. The summed E-state index contributed by atoms with van der Waals surface area (Å²) >= 11 is 1.31. The van der Waals surface area contributed by atoms with E-state index in [2.05, 4.69) is 10.6 Å². The summed E-state index contributed by atoms with van der Waals surface area (Å²) in [5.74, 6) is 0.0837. The van der Waals surface area contributed by atoms with Crippen LogP contribution in [0.25, 0.3) is 0 Å². The van der Waals surface area contributed by atoms with Gasteiger partial charge in [0.2, 0.25) is 0 Å². The third kappa shape index (κ3) is 3.34. The summed E-state index contributed by atoms with van der Waals surface area (Å²) in [5.41, 5.74) is 7.31. The summed E-state index contributed by atoms with van der Waals surface area (Å²) in [6.07, 6.45) is 0.614. The van der Waals surface area contributed by atoms with Crippen LogP contribution in [0.3, 0.4) is 0 Å². The first-order valence-corrected chi connectivity index (χ1v) is 8.14. The Bertz CT molecular complexity index is 788. The molecule has 0 saturated heterocycles. The Kier molecular flexibility index (Phi) is 4.68. The molecule has 0 fully saturated rings. The van der Waals surface area contributed by atoms with Crippen molar-refractivity contribution in [1.82, 2.24) is 0 Å². The number of methoxy groups -OCH3 is 1. The summed E-state index contributed by atoms with van der Waals surface area (Å²) in [5, 5.41) is 5.85. The molecule has 24 heavy (non-hydrogen) atoms. The highest BCUT2D eigenvalue weighted by molar-refractivity contribution is 7.17. The Morgan fingerprint density at radius 2 is 2.17 bits per heavy atom. The van der Waals surface area contributed by atoms with Gasteiger partial charge in [-0.3, -0.25) is 10.1 Å². The Labute approximate surface area is 142 Å². The zero-order valence-corrected chi connectivity index (χ0v) is 13.9. The maximum atomic E-state index is 12.2. The van der Waals surface area contributed by atoms with Crippen LogP contribution < -0.4 is 21.1 Å². The van der Waals surface area contributed by atoms with Crippen LogP contribution in [0.4, 0.5) is 15.5 Å². The zero-order chi connectivity index (χ0) is 17.1. The molecule has 1 aliphatic rings. The molecule has 0 bridgehead atoms. The van der Waals surface area contributed by atoms with E-state index in [1.165, 1.54) is 11.3 Å². The maximum Gasteiger partial charge on any atom is 0.324 e. The van der Waals surface area contributed by atoms with E-state index in [1.807, 2.05) is 0 Å². The van der Waals surface area contributed by atoms with E-state index in [9.17, 15) is 9.59 Å². The number of nitrogens with two attached hydrogens (primary N) is 1. The van der Waals surface area contributed by atoms with Crippen molar-refractivity contribution in [3.63, 3.8) is 0 Å². The van der Waals surface area contributed by atoms with E-state index < -0.39 is 11.9 Å². The standard InChI is InChI=1S/C16H17N3O4S/c1-22-10-4-2-3-9(7-10)18-16(21)19-15-13(14(17)20)11-5-6-23-8-12(11)24-15/h2-4,7H,5-6,8H2,1H3,(H2,17,20)(H2,18,19,21). The number of carbonyl (C=O) groups excluding carboxylic acids is 2. The molecule has 0 unspecified atom stereocenters. The Hall–Kier alpha value is -2.58. The predicted octanol–water partition coefficient (Wildman–Crippen LogP) is 2.57. The van der Waals surface area contributed by atoms with E-state index in [0.29, 0.717) is 41.6 Å². The number of ether oxygens (including phenoxy) is 2. The minimum atomic E-state index is -0.550. The molecule has 0 saturated carbocycles. The molecule has 3 amide bonds. The van der Waals surface area contributed by atoms with E-state index >= 15 is 0 Å². The summed E-state index contributed by atoms with van der Waals surface area (Å²) < 4.78 is 10.5. The highest BCUT2D eigenvalue weighted by Crippen LogP contribution is 2.36. The lowest BCUT2D eigenvalue weighted by Crippen LogP contribution is -2.22. The van der Waals surface area contributed by atoms with Crippen molar-refractivity contribution in [1.29, 1.82) is 0 Å². The van der Waals surface area contributed by atoms with Crippen molar-refractivity contribution in [3.05, 3.63) is 40.3 Å². The monoisotopic (exact) mass is 347 g/mol. The molecule has 0 aliphatic carbocycles. The summed E-state index contributed by atoms with van der Waals surface area (Å²) in [7, 11) is 1.55. The number of hydrogen-bond acceptors (Lipinski definition) is 5. The lowest BCUT2D eigenvalue weighted by molar-refractivity contribution is 0.0991. The molecule has 0 spiro atoms. The van der Waals surface area contributed by atoms with Gasteiger partial charge >= 0.3 is 6.03 Å². The number of urea groups is 1. The number of amides is 3. The first-order valence-electron chi connectivity index (χ1n) is 7.32. The Morgan fingerprint density at radius 1 is 1.33 bits per heavy atom. The normalized spacial score (nSPS) is 13.0. The lowest BCUT2D eigenvalue weighted by atomic mass is 10.1. The highest BCUT2D eigenvalue weighted by Gasteiger charge is 2.25. The first-order chi connectivity index (χ1) is 11.6. The van der Waals surface area contributed by atoms with Gasteiger partial charge in [-0.15, -0.1) is 11.3 Å². The SMILES string of the molecule is COc1cccc(NC(=O)Nc2sc3c(c2C(N)=O)CCOC3)c1. The van der Waals surface area contributed by atoms with Crippen LogP contribution in [0.5, 0.6) is 5.75 Å². The first kappa shape index (κ1) is 16.3. The number of carbonyl (C=O) groups is 2.